The van der Waals surface area contributed by atoms with Gasteiger partial charge in [-0.3, -0.25) is 10.1 Å². The fourth-order valence-corrected chi connectivity index (χ4v) is 1.19. The Hall–Kier alpha value is -2.18. The second-order valence-corrected chi connectivity index (χ2v) is 3.37. The monoisotopic (exact) mass is 238 g/mol. The zero-order chi connectivity index (χ0) is 12.7. The Morgan fingerprint density at radius 3 is 2.59 bits per heavy atom. The third-order valence-electron chi connectivity index (χ3n) is 2.04. The summed E-state index contributed by atoms with van der Waals surface area (Å²) >= 11 is 0. The summed E-state index contributed by atoms with van der Waals surface area (Å²) in [6.07, 6.45) is 3.42. The van der Waals surface area contributed by atoms with Crippen molar-refractivity contribution in [2.24, 2.45) is 0 Å². The van der Waals surface area contributed by atoms with Gasteiger partial charge in [-0.2, -0.15) is 0 Å². The molecule has 0 bridgehead atoms. The van der Waals surface area contributed by atoms with Gasteiger partial charge in [0.1, 0.15) is 0 Å². The molecule has 0 saturated carbocycles. The molecule has 1 heterocycles. The molecule has 1 unspecified atom stereocenters. The topological polar surface area (TPSA) is 104 Å². The van der Waals surface area contributed by atoms with Crippen LogP contribution in [0.3, 0.4) is 0 Å². The van der Waals surface area contributed by atoms with E-state index in [4.69, 9.17) is 5.11 Å². The summed E-state index contributed by atoms with van der Waals surface area (Å²) in [5.74, 6) is -0.775. The van der Waals surface area contributed by atoms with Gasteiger partial charge in [-0.05, 0) is 12.5 Å². The van der Waals surface area contributed by atoms with E-state index in [0.29, 0.717) is 6.42 Å². The molecule has 1 atom stereocenters. The van der Waals surface area contributed by atoms with Crippen molar-refractivity contribution >= 4 is 17.9 Å². The summed E-state index contributed by atoms with van der Waals surface area (Å²) in [7, 11) is 0. The molecule has 0 radical (unpaired) electrons. The fourth-order valence-electron chi connectivity index (χ4n) is 1.19. The molecule has 7 heteroatoms. The number of aliphatic carboxylic acids is 1. The third kappa shape index (κ3) is 4.92. The zero-order valence-electron chi connectivity index (χ0n) is 9.38. The third-order valence-corrected chi connectivity index (χ3v) is 2.04. The van der Waals surface area contributed by atoms with E-state index in [1.807, 2.05) is 0 Å². The number of hydrogen-bond donors (Lipinski definition) is 3. The maximum Gasteiger partial charge on any atom is 0.321 e. The lowest BCUT2D eigenvalue weighted by Crippen LogP contribution is -2.39. The Balaban J connectivity index is 2.45. The number of carboxylic acid groups (broad SMARTS) is 1. The van der Waals surface area contributed by atoms with Gasteiger partial charge >= 0.3 is 12.0 Å². The van der Waals surface area contributed by atoms with Gasteiger partial charge in [0.05, 0.1) is 6.42 Å². The van der Waals surface area contributed by atoms with Crippen LogP contribution in [0.1, 0.15) is 19.8 Å². The molecule has 0 spiro atoms. The van der Waals surface area contributed by atoms with Gasteiger partial charge in [0, 0.05) is 18.4 Å². The Morgan fingerprint density at radius 1 is 1.41 bits per heavy atom. The fraction of sp³-hybridized carbons (Fsp3) is 0.400. The van der Waals surface area contributed by atoms with E-state index in [9.17, 15) is 9.59 Å². The quantitative estimate of drug-likeness (QED) is 0.705. The first-order valence-electron chi connectivity index (χ1n) is 5.18. The molecule has 1 rings (SSSR count). The smallest absolute Gasteiger partial charge is 0.321 e. The highest BCUT2D eigenvalue weighted by Crippen LogP contribution is 1.99. The predicted molar refractivity (Wildman–Crippen MR) is 60.5 cm³/mol. The highest BCUT2D eigenvalue weighted by molar-refractivity contribution is 5.87. The van der Waals surface area contributed by atoms with Gasteiger partial charge in [-0.25, -0.2) is 14.8 Å². The molecule has 92 valence electrons. The summed E-state index contributed by atoms with van der Waals surface area (Å²) in [5.41, 5.74) is 0. The minimum Gasteiger partial charge on any atom is -0.481 e. The number of amides is 2. The summed E-state index contributed by atoms with van der Waals surface area (Å²) in [6, 6.07) is 0.711. The normalized spacial score (nSPS) is 11.6. The molecular weight excluding hydrogens is 224 g/mol. The molecule has 3 N–H and O–H groups in total. The highest BCUT2D eigenvalue weighted by atomic mass is 16.4. The first-order chi connectivity index (χ1) is 8.11. The number of anilines is 1. The molecule has 0 aliphatic heterocycles. The van der Waals surface area contributed by atoms with E-state index in [2.05, 4.69) is 20.6 Å². The van der Waals surface area contributed by atoms with Gasteiger partial charge in [0.25, 0.3) is 0 Å². The van der Waals surface area contributed by atoms with E-state index in [-0.39, 0.29) is 12.4 Å². The van der Waals surface area contributed by atoms with Crippen LogP contribution in [0.2, 0.25) is 0 Å². The zero-order valence-corrected chi connectivity index (χ0v) is 9.38. The SMILES string of the molecule is CCC(CC(=O)O)NC(=O)Nc1ncccn1. The number of hydrogen-bond acceptors (Lipinski definition) is 4. The van der Waals surface area contributed by atoms with Gasteiger partial charge < -0.3 is 10.4 Å². The Morgan fingerprint density at radius 2 is 2.06 bits per heavy atom. The van der Waals surface area contributed by atoms with Crippen molar-refractivity contribution in [2.75, 3.05) is 5.32 Å². The van der Waals surface area contributed by atoms with Crippen molar-refractivity contribution in [3.8, 4) is 0 Å². The van der Waals surface area contributed by atoms with Crippen LogP contribution in [0.15, 0.2) is 18.5 Å². The van der Waals surface area contributed by atoms with Crippen LogP contribution in [0.5, 0.6) is 0 Å². The molecule has 2 amide bonds. The van der Waals surface area contributed by atoms with Gasteiger partial charge in [0.2, 0.25) is 5.95 Å². The largest absolute Gasteiger partial charge is 0.481 e. The number of carbonyl (C=O) groups is 2. The van der Waals surface area contributed by atoms with E-state index in [1.165, 1.54) is 12.4 Å². The molecule has 1 aromatic heterocycles. The van der Waals surface area contributed by atoms with E-state index in [0.717, 1.165) is 0 Å². The van der Waals surface area contributed by atoms with Crippen LogP contribution in [0.25, 0.3) is 0 Å². The molecule has 0 saturated heterocycles. The molecular formula is C10H14N4O3. The van der Waals surface area contributed by atoms with Crippen LogP contribution >= 0.6 is 0 Å². The Labute approximate surface area is 98.3 Å². The molecule has 0 aromatic carbocycles. The number of nitrogens with zero attached hydrogens (tertiary/aromatic N) is 2. The standard InChI is InChI=1S/C10H14N4O3/c1-2-7(6-8(15)16)13-10(17)14-9-11-4-3-5-12-9/h3-5,7H,2,6H2,1H3,(H,15,16)(H2,11,12,13,14,17). The van der Waals surface area contributed by atoms with Crippen LogP contribution in [-0.2, 0) is 4.79 Å². The van der Waals surface area contributed by atoms with Crippen molar-refractivity contribution in [3.63, 3.8) is 0 Å². The molecule has 0 fully saturated rings. The number of carbonyl (C=O) groups excluding carboxylic acids is 1. The number of carboxylic acids is 1. The molecule has 7 nitrogen and oxygen atoms in total. The van der Waals surface area contributed by atoms with Gasteiger partial charge in [-0.15, -0.1) is 0 Å². The minimum absolute atomic E-state index is 0.112. The lowest BCUT2D eigenvalue weighted by Gasteiger charge is -2.14. The predicted octanol–water partition coefficient (Wildman–Crippen LogP) is 0.851. The maximum atomic E-state index is 11.5. The van der Waals surface area contributed by atoms with Crippen molar-refractivity contribution < 1.29 is 14.7 Å². The number of urea groups is 1. The first-order valence-corrected chi connectivity index (χ1v) is 5.18. The lowest BCUT2D eigenvalue weighted by atomic mass is 10.1. The Kier molecular flexibility index (Phi) is 4.86. The van der Waals surface area contributed by atoms with Crippen molar-refractivity contribution in [1.29, 1.82) is 0 Å². The van der Waals surface area contributed by atoms with Crippen LogP contribution < -0.4 is 10.6 Å². The lowest BCUT2D eigenvalue weighted by molar-refractivity contribution is -0.137. The minimum atomic E-state index is -0.951. The summed E-state index contributed by atoms with van der Waals surface area (Å²) in [4.78, 5) is 29.6. The van der Waals surface area contributed by atoms with Crippen LogP contribution in [0.4, 0.5) is 10.7 Å². The summed E-state index contributed by atoms with van der Waals surface area (Å²) in [6.45, 7) is 1.80. The molecule has 0 aliphatic carbocycles. The number of rotatable bonds is 5. The number of nitrogens with one attached hydrogen (secondary N) is 2. The highest BCUT2D eigenvalue weighted by Gasteiger charge is 2.14. The molecule has 17 heavy (non-hydrogen) atoms. The van der Waals surface area contributed by atoms with Crippen molar-refractivity contribution in [3.05, 3.63) is 18.5 Å². The molecule has 1 aromatic rings. The van der Waals surface area contributed by atoms with Crippen LogP contribution in [-0.4, -0.2) is 33.1 Å². The maximum absolute atomic E-state index is 11.5. The Bertz CT molecular complexity index is 382. The number of aromatic nitrogens is 2. The second kappa shape index (κ2) is 6.41. The average Bonchev–Trinajstić information content (AvgIpc) is 2.28. The summed E-state index contributed by atoms with van der Waals surface area (Å²) in [5, 5.41) is 13.6. The van der Waals surface area contributed by atoms with E-state index >= 15 is 0 Å². The van der Waals surface area contributed by atoms with Gasteiger partial charge in [0.15, 0.2) is 0 Å². The molecule has 0 aliphatic rings. The van der Waals surface area contributed by atoms with Crippen LogP contribution in [0, 0.1) is 0 Å². The van der Waals surface area contributed by atoms with E-state index < -0.39 is 18.0 Å². The average molecular weight is 238 g/mol. The van der Waals surface area contributed by atoms with Gasteiger partial charge in [-0.1, -0.05) is 6.92 Å². The second-order valence-electron chi connectivity index (χ2n) is 3.37. The first kappa shape index (κ1) is 12.9. The summed E-state index contributed by atoms with van der Waals surface area (Å²) < 4.78 is 0. The van der Waals surface area contributed by atoms with E-state index in [1.54, 1.807) is 13.0 Å². The van der Waals surface area contributed by atoms with Crippen molar-refractivity contribution in [1.82, 2.24) is 15.3 Å². The van der Waals surface area contributed by atoms with Crippen molar-refractivity contribution in [2.45, 2.75) is 25.8 Å².